The molecule has 0 bridgehead atoms. The fourth-order valence-corrected chi connectivity index (χ4v) is 3.06. The van der Waals surface area contributed by atoms with Crippen LogP contribution in [0.1, 0.15) is 34.0 Å². The summed E-state index contributed by atoms with van der Waals surface area (Å²) in [5.41, 5.74) is 0.0762. The van der Waals surface area contributed by atoms with Crippen molar-refractivity contribution in [2.24, 2.45) is 0 Å². The number of hydrogen-bond acceptors (Lipinski definition) is 1. The summed E-state index contributed by atoms with van der Waals surface area (Å²) in [5.74, 6) is -2.21. The Balaban J connectivity index is 2.10. The van der Waals surface area contributed by atoms with Gasteiger partial charge in [-0.05, 0) is 36.2 Å². The first-order valence-electron chi connectivity index (χ1n) is 7.92. The summed E-state index contributed by atoms with van der Waals surface area (Å²) in [5, 5.41) is 9.43. The standard InChI is InChI=1S/C19H15F4NO2/c1-2-11-8-14(19(21,22)23)9-12-6-7-24(17(11)12)10-13-4-3-5-15(16(13)20)18(25)26/h3-9H,2,10H2,1H3,(H,25,26). The Bertz CT molecular complexity index is 989. The molecule has 0 radical (unpaired) electrons. The van der Waals surface area contributed by atoms with Gasteiger partial charge in [0.1, 0.15) is 5.82 Å². The fraction of sp³-hybridized carbons (Fsp3) is 0.211. The summed E-state index contributed by atoms with van der Waals surface area (Å²) < 4.78 is 55.2. The molecule has 0 unspecified atom stereocenters. The van der Waals surface area contributed by atoms with E-state index in [1.54, 1.807) is 23.8 Å². The van der Waals surface area contributed by atoms with Gasteiger partial charge in [0.15, 0.2) is 0 Å². The van der Waals surface area contributed by atoms with Crippen molar-refractivity contribution in [3.8, 4) is 0 Å². The number of rotatable bonds is 4. The van der Waals surface area contributed by atoms with Crippen molar-refractivity contribution < 1.29 is 27.5 Å². The molecule has 7 heteroatoms. The molecule has 3 rings (SSSR count). The monoisotopic (exact) mass is 365 g/mol. The zero-order chi connectivity index (χ0) is 19.1. The second kappa shape index (κ2) is 6.48. The molecular formula is C19H15F4NO2. The lowest BCUT2D eigenvalue weighted by Gasteiger charge is -2.13. The van der Waals surface area contributed by atoms with E-state index in [9.17, 15) is 22.4 Å². The maximum Gasteiger partial charge on any atom is 0.416 e. The van der Waals surface area contributed by atoms with Crippen molar-refractivity contribution >= 4 is 16.9 Å². The van der Waals surface area contributed by atoms with E-state index in [4.69, 9.17) is 5.11 Å². The maximum absolute atomic E-state index is 14.4. The summed E-state index contributed by atoms with van der Waals surface area (Å²) >= 11 is 0. The Morgan fingerprint density at radius 3 is 2.50 bits per heavy atom. The van der Waals surface area contributed by atoms with Gasteiger partial charge in [0.2, 0.25) is 0 Å². The molecule has 1 N–H and O–H groups in total. The maximum atomic E-state index is 14.4. The third kappa shape index (κ3) is 3.16. The molecule has 0 aliphatic heterocycles. The van der Waals surface area contributed by atoms with E-state index >= 15 is 0 Å². The van der Waals surface area contributed by atoms with Gasteiger partial charge in [0.05, 0.1) is 23.2 Å². The molecule has 0 spiro atoms. The lowest BCUT2D eigenvalue weighted by Crippen LogP contribution is -2.09. The lowest BCUT2D eigenvalue weighted by atomic mass is 10.0. The van der Waals surface area contributed by atoms with Gasteiger partial charge in [-0.2, -0.15) is 13.2 Å². The first-order chi connectivity index (χ1) is 12.2. The topological polar surface area (TPSA) is 42.2 Å². The van der Waals surface area contributed by atoms with E-state index in [1.807, 2.05) is 0 Å². The Morgan fingerprint density at radius 1 is 1.15 bits per heavy atom. The lowest BCUT2D eigenvalue weighted by molar-refractivity contribution is -0.137. The normalized spacial score (nSPS) is 11.9. The van der Waals surface area contributed by atoms with Crippen LogP contribution in [-0.4, -0.2) is 15.6 Å². The molecule has 3 aromatic rings. The summed E-state index contributed by atoms with van der Waals surface area (Å²) in [6, 6.07) is 7.78. The summed E-state index contributed by atoms with van der Waals surface area (Å²) in [4.78, 5) is 11.1. The average Bonchev–Trinajstić information content (AvgIpc) is 2.98. The minimum absolute atomic E-state index is 0.0226. The number of halogens is 4. The predicted octanol–water partition coefficient (Wildman–Crippen LogP) is 5.11. The second-order valence-corrected chi connectivity index (χ2v) is 5.95. The summed E-state index contributed by atoms with van der Waals surface area (Å²) in [6.45, 7) is 1.77. The van der Waals surface area contributed by atoms with Gasteiger partial charge in [-0.15, -0.1) is 0 Å². The molecule has 0 fully saturated rings. The number of carboxylic acids is 1. The highest BCUT2D eigenvalue weighted by molar-refractivity contribution is 5.88. The number of aromatic carboxylic acids is 1. The molecule has 1 heterocycles. The summed E-state index contributed by atoms with van der Waals surface area (Å²) in [6.07, 6.45) is -2.49. The van der Waals surface area contributed by atoms with E-state index in [-0.39, 0.29) is 12.1 Å². The van der Waals surface area contributed by atoms with Gasteiger partial charge in [0, 0.05) is 17.1 Å². The van der Waals surface area contributed by atoms with Crippen molar-refractivity contribution in [3.63, 3.8) is 0 Å². The number of aromatic nitrogens is 1. The molecule has 0 aliphatic rings. The van der Waals surface area contributed by atoms with Crippen LogP contribution >= 0.6 is 0 Å². The third-order valence-corrected chi connectivity index (χ3v) is 4.30. The SMILES string of the molecule is CCc1cc(C(F)(F)F)cc2ccn(Cc3cccc(C(=O)O)c3F)c12. The Kier molecular flexibility index (Phi) is 4.48. The second-order valence-electron chi connectivity index (χ2n) is 5.95. The van der Waals surface area contributed by atoms with E-state index in [0.717, 1.165) is 12.1 Å². The highest BCUT2D eigenvalue weighted by atomic mass is 19.4. The van der Waals surface area contributed by atoms with E-state index in [0.29, 0.717) is 22.9 Å². The third-order valence-electron chi connectivity index (χ3n) is 4.30. The smallest absolute Gasteiger partial charge is 0.416 e. The zero-order valence-electron chi connectivity index (χ0n) is 13.8. The van der Waals surface area contributed by atoms with Crippen LogP contribution in [0.25, 0.3) is 10.9 Å². The molecule has 1 aromatic heterocycles. The number of fused-ring (bicyclic) bond motifs is 1. The minimum atomic E-state index is -4.44. The average molecular weight is 365 g/mol. The van der Waals surface area contributed by atoms with Gasteiger partial charge < -0.3 is 9.67 Å². The number of carbonyl (C=O) groups is 1. The van der Waals surface area contributed by atoms with Gasteiger partial charge in [0.25, 0.3) is 0 Å². The highest BCUT2D eigenvalue weighted by Crippen LogP contribution is 2.34. The molecule has 0 saturated heterocycles. The van der Waals surface area contributed by atoms with Crippen LogP contribution in [-0.2, 0) is 19.1 Å². The number of nitrogens with zero attached hydrogens (tertiary/aromatic N) is 1. The van der Waals surface area contributed by atoms with Gasteiger partial charge in [-0.25, -0.2) is 9.18 Å². The summed E-state index contributed by atoms with van der Waals surface area (Å²) in [7, 11) is 0. The fourth-order valence-electron chi connectivity index (χ4n) is 3.06. The van der Waals surface area contributed by atoms with E-state index in [2.05, 4.69) is 0 Å². The van der Waals surface area contributed by atoms with E-state index in [1.165, 1.54) is 18.2 Å². The highest BCUT2D eigenvalue weighted by Gasteiger charge is 2.31. The number of carboxylic acid groups (broad SMARTS) is 1. The Hall–Kier alpha value is -2.83. The van der Waals surface area contributed by atoms with Crippen LogP contribution in [0.2, 0.25) is 0 Å². The van der Waals surface area contributed by atoms with Gasteiger partial charge in [-0.3, -0.25) is 0 Å². The van der Waals surface area contributed by atoms with Crippen molar-refractivity contribution in [2.45, 2.75) is 26.1 Å². The van der Waals surface area contributed by atoms with Crippen LogP contribution in [0.4, 0.5) is 17.6 Å². The van der Waals surface area contributed by atoms with Crippen LogP contribution in [0.3, 0.4) is 0 Å². The molecule has 26 heavy (non-hydrogen) atoms. The minimum Gasteiger partial charge on any atom is -0.478 e. The Labute approximate surface area is 146 Å². The van der Waals surface area contributed by atoms with Crippen molar-refractivity contribution in [1.29, 1.82) is 0 Å². The number of hydrogen-bond donors (Lipinski definition) is 1. The van der Waals surface area contributed by atoms with Crippen molar-refractivity contribution in [3.05, 3.63) is 70.7 Å². The Morgan fingerprint density at radius 2 is 1.88 bits per heavy atom. The van der Waals surface area contributed by atoms with Crippen LogP contribution in [0.5, 0.6) is 0 Å². The zero-order valence-corrected chi connectivity index (χ0v) is 13.8. The number of benzene rings is 2. The first kappa shape index (κ1) is 18.0. The van der Waals surface area contributed by atoms with Crippen LogP contribution in [0, 0.1) is 5.82 Å². The molecule has 0 atom stereocenters. The molecular weight excluding hydrogens is 350 g/mol. The number of aryl methyl sites for hydroxylation is 1. The molecule has 2 aromatic carbocycles. The van der Waals surface area contributed by atoms with Crippen LogP contribution < -0.4 is 0 Å². The quantitative estimate of drug-likeness (QED) is 0.653. The largest absolute Gasteiger partial charge is 0.478 e. The van der Waals surface area contributed by atoms with Crippen molar-refractivity contribution in [1.82, 2.24) is 4.57 Å². The molecule has 0 saturated carbocycles. The molecule has 0 aliphatic carbocycles. The first-order valence-corrected chi connectivity index (χ1v) is 7.92. The van der Waals surface area contributed by atoms with Crippen molar-refractivity contribution in [2.75, 3.05) is 0 Å². The molecule has 3 nitrogen and oxygen atoms in total. The van der Waals surface area contributed by atoms with Gasteiger partial charge in [-0.1, -0.05) is 19.1 Å². The molecule has 0 amide bonds. The molecule has 136 valence electrons. The predicted molar refractivity (Wildman–Crippen MR) is 88.8 cm³/mol. The van der Waals surface area contributed by atoms with E-state index < -0.39 is 29.1 Å². The van der Waals surface area contributed by atoms with Gasteiger partial charge >= 0.3 is 12.1 Å². The van der Waals surface area contributed by atoms with Crippen LogP contribution in [0.15, 0.2) is 42.6 Å². The number of alkyl halides is 3.